The average molecular weight is 537 g/mol. The molecule has 0 aliphatic carbocycles. The molecule has 1 atom stereocenters. The van der Waals surface area contributed by atoms with E-state index in [2.05, 4.69) is 15.4 Å². The number of aromatic nitrogens is 3. The number of aryl methyl sites for hydroxylation is 2. The highest BCUT2D eigenvalue weighted by Crippen LogP contribution is 2.30. The second kappa shape index (κ2) is 10.3. The largest absolute Gasteiger partial charge is 0.310 e. The second-order valence-corrected chi connectivity index (χ2v) is 11.8. The van der Waals surface area contributed by atoms with Crippen molar-refractivity contribution < 1.29 is 18.0 Å². The van der Waals surface area contributed by atoms with E-state index in [-0.39, 0.29) is 29.8 Å². The second-order valence-electron chi connectivity index (χ2n) is 9.94. The molecule has 0 unspecified atom stereocenters. The molecule has 3 aromatic rings. The molecule has 1 fully saturated rings. The molecule has 2 aliphatic rings. The fraction of sp³-hybridized carbons (Fsp3) is 0.407. The Kier molecular flexibility index (Phi) is 7.06. The number of piperidine rings is 1. The summed E-state index contributed by atoms with van der Waals surface area (Å²) in [6.45, 7) is 6.12. The molecule has 0 radical (unpaired) electrons. The lowest BCUT2D eigenvalue weighted by molar-refractivity contribution is -0.121. The zero-order valence-electron chi connectivity index (χ0n) is 21.8. The fourth-order valence-electron chi connectivity index (χ4n) is 5.36. The molecule has 2 amide bonds. The van der Waals surface area contributed by atoms with Crippen molar-refractivity contribution in [2.45, 2.75) is 51.5 Å². The van der Waals surface area contributed by atoms with Gasteiger partial charge in [-0.2, -0.15) is 9.40 Å². The van der Waals surface area contributed by atoms with E-state index < -0.39 is 15.9 Å². The van der Waals surface area contributed by atoms with E-state index in [1.807, 2.05) is 37.3 Å². The summed E-state index contributed by atoms with van der Waals surface area (Å²) >= 11 is 0. The molecule has 0 spiro atoms. The standard InChI is InChI=1S/C27H32N6O4S/c1-18-8-6-13-28-26(18)29-27(35)22-10-7-14-31(16-22)38(36,37)25-19(2)30-33(20(25)3)17-24(34)32-15-12-21-9-4-5-11-23(21)32/h4-6,8-9,11,13,22H,7,10,12,14-17H2,1-3H3,(H,28,29,35)/t22-/m1/s1. The van der Waals surface area contributed by atoms with Crippen LogP contribution in [-0.2, 0) is 32.6 Å². The first-order chi connectivity index (χ1) is 18.2. The van der Waals surface area contributed by atoms with Crippen LogP contribution in [0.5, 0.6) is 0 Å². The topological polar surface area (TPSA) is 117 Å². The van der Waals surface area contributed by atoms with E-state index in [1.54, 1.807) is 31.0 Å². The van der Waals surface area contributed by atoms with Gasteiger partial charge in [0.1, 0.15) is 17.3 Å². The Morgan fingerprint density at radius 1 is 1.08 bits per heavy atom. The van der Waals surface area contributed by atoms with Crippen molar-refractivity contribution in [2.24, 2.45) is 5.92 Å². The number of carbonyl (C=O) groups excluding carboxylic acids is 2. The number of hydrogen-bond donors (Lipinski definition) is 1. The van der Waals surface area contributed by atoms with Gasteiger partial charge in [-0.1, -0.05) is 24.3 Å². The number of sulfonamides is 1. The van der Waals surface area contributed by atoms with E-state index in [1.165, 1.54) is 8.99 Å². The summed E-state index contributed by atoms with van der Waals surface area (Å²) in [6, 6.07) is 11.5. The molecule has 200 valence electrons. The minimum atomic E-state index is -3.92. The highest BCUT2D eigenvalue weighted by atomic mass is 32.2. The third-order valence-corrected chi connectivity index (χ3v) is 9.51. The summed E-state index contributed by atoms with van der Waals surface area (Å²) in [7, 11) is -3.92. The minimum Gasteiger partial charge on any atom is -0.310 e. The third-order valence-electron chi connectivity index (χ3n) is 7.39. The zero-order chi connectivity index (χ0) is 27.0. The van der Waals surface area contributed by atoms with E-state index >= 15 is 0 Å². The Morgan fingerprint density at radius 2 is 1.87 bits per heavy atom. The number of pyridine rings is 1. The minimum absolute atomic E-state index is 0.0506. The molecule has 0 saturated carbocycles. The Hall–Kier alpha value is -3.57. The van der Waals surface area contributed by atoms with Crippen LogP contribution < -0.4 is 10.2 Å². The number of amides is 2. The maximum Gasteiger partial charge on any atom is 0.248 e. The molecular formula is C27H32N6O4S. The SMILES string of the molecule is Cc1cccnc1NC(=O)[C@@H]1CCCN(S(=O)(=O)c2c(C)nn(CC(=O)N3CCc4ccccc43)c2C)C1. The predicted octanol–water partition coefficient (Wildman–Crippen LogP) is 2.83. The first-order valence-electron chi connectivity index (χ1n) is 12.8. The third kappa shape index (κ3) is 4.83. The van der Waals surface area contributed by atoms with Gasteiger partial charge in [-0.05, 0) is 63.3 Å². The maximum atomic E-state index is 13.8. The molecule has 38 heavy (non-hydrogen) atoms. The number of fused-ring (bicyclic) bond motifs is 1. The Balaban J connectivity index is 1.32. The molecule has 5 rings (SSSR count). The first-order valence-corrected chi connectivity index (χ1v) is 14.3. The summed E-state index contributed by atoms with van der Waals surface area (Å²) in [5.41, 5.74) is 3.61. The van der Waals surface area contributed by atoms with Crippen LogP contribution in [0, 0.1) is 26.7 Å². The highest BCUT2D eigenvalue weighted by molar-refractivity contribution is 7.89. The highest BCUT2D eigenvalue weighted by Gasteiger charge is 2.37. The number of rotatable bonds is 6. The van der Waals surface area contributed by atoms with Gasteiger partial charge in [0.2, 0.25) is 21.8 Å². The molecule has 1 aromatic carbocycles. The Labute approximate surface area is 222 Å². The molecule has 10 nitrogen and oxygen atoms in total. The zero-order valence-corrected chi connectivity index (χ0v) is 22.7. The molecule has 2 aromatic heterocycles. The molecule has 1 N–H and O–H groups in total. The van der Waals surface area contributed by atoms with Crippen LogP contribution in [0.2, 0.25) is 0 Å². The number of nitrogens with zero attached hydrogens (tertiary/aromatic N) is 5. The number of carbonyl (C=O) groups is 2. The first kappa shape index (κ1) is 26.1. The van der Waals surface area contributed by atoms with Crippen molar-refractivity contribution >= 4 is 33.3 Å². The van der Waals surface area contributed by atoms with Gasteiger partial charge in [-0.25, -0.2) is 13.4 Å². The molecule has 0 bridgehead atoms. The van der Waals surface area contributed by atoms with Gasteiger partial charge in [-0.3, -0.25) is 14.3 Å². The molecule has 4 heterocycles. The van der Waals surface area contributed by atoms with Crippen molar-refractivity contribution in [2.75, 3.05) is 29.9 Å². The smallest absolute Gasteiger partial charge is 0.248 e. The Morgan fingerprint density at radius 3 is 2.66 bits per heavy atom. The number of benzene rings is 1. The van der Waals surface area contributed by atoms with E-state index in [4.69, 9.17) is 0 Å². The Bertz CT molecular complexity index is 1500. The van der Waals surface area contributed by atoms with E-state index in [9.17, 15) is 18.0 Å². The van der Waals surface area contributed by atoms with Crippen LogP contribution in [0.3, 0.4) is 0 Å². The molecule has 2 aliphatic heterocycles. The summed E-state index contributed by atoms with van der Waals surface area (Å²) in [4.78, 5) is 32.2. The lowest BCUT2D eigenvalue weighted by atomic mass is 9.99. The van der Waals surface area contributed by atoms with Gasteiger partial charge in [0.05, 0.1) is 17.3 Å². The van der Waals surface area contributed by atoms with Gasteiger partial charge in [-0.15, -0.1) is 0 Å². The van der Waals surface area contributed by atoms with Crippen LogP contribution >= 0.6 is 0 Å². The lowest BCUT2D eigenvalue weighted by Crippen LogP contribution is -2.44. The van der Waals surface area contributed by atoms with Crippen LogP contribution in [0.1, 0.15) is 35.4 Å². The number of anilines is 2. The average Bonchev–Trinajstić information content (AvgIpc) is 3.46. The maximum absolute atomic E-state index is 13.8. The molecule has 1 saturated heterocycles. The van der Waals surface area contributed by atoms with Gasteiger partial charge < -0.3 is 10.2 Å². The summed E-state index contributed by atoms with van der Waals surface area (Å²) in [6.07, 6.45) is 3.56. The predicted molar refractivity (Wildman–Crippen MR) is 143 cm³/mol. The fourth-order valence-corrected chi connectivity index (χ4v) is 7.25. The van der Waals surface area contributed by atoms with Gasteiger partial charge in [0.25, 0.3) is 0 Å². The lowest BCUT2D eigenvalue weighted by Gasteiger charge is -2.31. The van der Waals surface area contributed by atoms with Crippen molar-refractivity contribution in [3.63, 3.8) is 0 Å². The van der Waals surface area contributed by atoms with Crippen LogP contribution in [-0.4, -0.2) is 58.9 Å². The van der Waals surface area contributed by atoms with Crippen LogP contribution in [0.4, 0.5) is 11.5 Å². The summed E-state index contributed by atoms with van der Waals surface area (Å²) in [5, 5.41) is 7.28. The van der Waals surface area contributed by atoms with Crippen LogP contribution in [0.15, 0.2) is 47.5 Å². The van der Waals surface area contributed by atoms with Crippen molar-refractivity contribution in [3.05, 3.63) is 65.1 Å². The summed E-state index contributed by atoms with van der Waals surface area (Å²) < 4.78 is 30.4. The molecular weight excluding hydrogens is 504 g/mol. The van der Waals surface area contributed by atoms with Gasteiger partial charge in [0.15, 0.2) is 0 Å². The van der Waals surface area contributed by atoms with Crippen molar-refractivity contribution in [1.82, 2.24) is 19.1 Å². The van der Waals surface area contributed by atoms with E-state index in [0.717, 1.165) is 23.2 Å². The number of para-hydroxylation sites is 1. The quantitative estimate of drug-likeness (QED) is 0.518. The van der Waals surface area contributed by atoms with Crippen molar-refractivity contribution in [3.8, 4) is 0 Å². The number of hydrogen-bond acceptors (Lipinski definition) is 6. The van der Waals surface area contributed by atoms with Crippen molar-refractivity contribution in [1.29, 1.82) is 0 Å². The number of nitrogens with one attached hydrogen (secondary N) is 1. The van der Waals surface area contributed by atoms with Gasteiger partial charge >= 0.3 is 0 Å². The summed E-state index contributed by atoms with van der Waals surface area (Å²) in [5.74, 6) is -0.389. The monoisotopic (exact) mass is 536 g/mol. The normalized spacial score (nSPS) is 17.9. The van der Waals surface area contributed by atoms with E-state index in [0.29, 0.717) is 43.1 Å². The van der Waals surface area contributed by atoms with Crippen LogP contribution in [0.25, 0.3) is 0 Å². The van der Waals surface area contributed by atoms with Gasteiger partial charge in [0, 0.05) is 31.5 Å². The molecule has 11 heteroatoms.